The van der Waals surface area contributed by atoms with Gasteiger partial charge < -0.3 is 4.52 Å². The number of aromatic nitrogens is 5. The van der Waals surface area contributed by atoms with Gasteiger partial charge in [0.2, 0.25) is 11.7 Å². The molecule has 0 fully saturated rings. The summed E-state index contributed by atoms with van der Waals surface area (Å²) in [7, 11) is 0. The lowest BCUT2D eigenvalue weighted by Gasteiger charge is -2.04. The molecular formula is C18H12Cl2FN5O. The smallest absolute Gasteiger partial charge is 0.248 e. The normalized spacial score (nSPS) is 11.1. The molecule has 0 saturated carbocycles. The average molecular weight is 404 g/mol. The Balaban J connectivity index is 1.64. The molecule has 0 aliphatic carbocycles. The fourth-order valence-electron chi connectivity index (χ4n) is 2.58. The maximum Gasteiger partial charge on any atom is 0.248 e. The zero-order valence-corrected chi connectivity index (χ0v) is 15.5. The van der Waals surface area contributed by atoms with Crippen LogP contribution in [0.3, 0.4) is 0 Å². The molecule has 0 aliphatic rings. The van der Waals surface area contributed by atoms with Crippen LogP contribution in [0.5, 0.6) is 0 Å². The largest absolute Gasteiger partial charge is 0.337 e. The molecule has 4 rings (SSSR count). The molecule has 0 atom stereocenters. The molecule has 27 heavy (non-hydrogen) atoms. The third-order valence-electron chi connectivity index (χ3n) is 3.81. The van der Waals surface area contributed by atoms with E-state index in [9.17, 15) is 4.39 Å². The first kappa shape index (κ1) is 17.6. The number of rotatable bonds is 4. The Bertz CT molecular complexity index is 1110. The van der Waals surface area contributed by atoms with Crippen LogP contribution in [0, 0.1) is 12.7 Å². The van der Waals surface area contributed by atoms with Crippen LogP contribution in [0.15, 0.2) is 47.0 Å². The number of hydrogen-bond acceptors (Lipinski definition) is 5. The highest BCUT2D eigenvalue weighted by atomic mass is 35.5. The van der Waals surface area contributed by atoms with Crippen molar-refractivity contribution < 1.29 is 8.91 Å². The van der Waals surface area contributed by atoms with E-state index in [4.69, 9.17) is 27.7 Å². The minimum atomic E-state index is -0.327. The third-order valence-corrected chi connectivity index (χ3v) is 4.55. The Kier molecular flexibility index (Phi) is 4.63. The lowest BCUT2D eigenvalue weighted by atomic mass is 10.2. The van der Waals surface area contributed by atoms with Gasteiger partial charge in [0.1, 0.15) is 18.2 Å². The van der Waals surface area contributed by atoms with Gasteiger partial charge in [0.25, 0.3) is 0 Å². The molecular weight excluding hydrogens is 392 g/mol. The average Bonchev–Trinajstić information content (AvgIpc) is 3.25. The molecule has 6 nitrogen and oxygen atoms in total. The van der Waals surface area contributed by atoms with Gasteiger partial charge in [-0.1, -0.05) is 28.4 Å². The molecule has 0 amide bonds. The van der Waals surface area contributed by atoms with Crippen LogP contribution < -0.4 is 0 Å². The number of nitrogens with zero attached hydrogens (tertiary/aromatic N) is 5. The maximum atomic E-state index is 13.1. The first-order valence-electron chi connectivity index (χ1n) is 7.95. The summed E-state index contributed by atoms with van der Waals surface area (Å²) in [5, 5.41) is 9.21. The predicted molar refractivity (Wildman–Crippen MR) is 99.0 cm³/mol. The summed E-state index contributed by atoms with van der Waals surface area (Å²) in [5.74, 6) is 1.59. The number of benzene rings is 2. The summed E-state index contributed by atoms with van der Waals surface area (Å²) in [6.45, 7) is 2.01. The van der Waals surface area contributed by atoms with Crippen LogP contribution in [-0.2, 0) is 6.54 Å². The summed E-state index contributed by atoms with van der Waals surface area (Å²) in [6.07, 6.45) is 0. The molecule has 0 N–H and O–H groups in total. The third kappa shape index (κ3) is 3.70. The van der Waals surface area contributed by atoms with Crippen molar-refractivity contribution in [3.8, 4) is 22.8 Å². The van der Waals surface area contributed by atoms with Gasteiger partial charge in [-0.15, -0.1) is 0 Å². The highest BCUT2D eigenvalue weighted by Gasteiger charge is 2.15. The van der Waals surface area contributed by atoms with Crippen molar-refractivity contribution >= 4 is 23.2 Å². The van der Waals surface area contributed by atoms with Gasteiger partial charge in [-0.25, -0.2) is 14.1 Å². The van der Waals surface area contributed by atoms with E-state index in [2.05, 4.69) is 20.2 Å². The molecule has 2 aromatic carbocycles. The van der Waals surface area contributed by atoms with Crippen LogP contribution in [0.4, 0.5) is 4.39 Å². The van der Waals surface area contributed by atoms with Gasteiger partial charge in [-0.2, -0.15) is 10.1 Å². The van der Waals surface area contributed by atoms with E-state index in [-0.39, 0.29) is 12.4 Å². The fraction of sp³-hybridized carbons (Fsp3) is 0.111. The summed E-state index contributed by atoms with van der Waals surface area (Å²) in [4.78, 5) is 8.79. The van der Waals surface area contributed by atoms with Crippen molar-refractivity contribution in [2.24, 2.45) is 0 Å². The number of aryl methyl sites for hydroxylation is 1. The molecule has 0 unspecified atom stereocenters. The summed E-state index contributed by atoms with van der Waals surface area (Å²) >= 11 is 12.1. The molecule has 9 heteroatoms. The van der Waals surface area contributed by atoms with Gasteiger partial charge in [0, 0.05) is 11.1 Å². The van der Waals surface area contributed by atoms with E-state index in [0.717, 1.165) is 5.56 Å². The van der Waals surface area contributed by atoms with E-state index >= 15 is 0 Å². The molecule has 0 radical (unpaired) electrons. The second kappa shape index (κ2) is 7.09. The summed E-state index contributed by atoms with van der Waals surface area (Å²) in [6, 6.07) is 11.1. The predicted octanol–water partition coefficient (Wildman–Crippen LogP) is 4.80. The zero-order valence-electron chi connectivity index (χ0n) is 14.0. The highest BCUT2D eigenvalue weighted by Crippen LogP contribution is 2.28. The standard InChI is InChI=1S/C18H12Cl2FN5O/c1-10-22-18(12-4-7-14(19)15(20)8-12)26(24-10)9-16-23-17(25-27-16)11-2-5-13(21)6-3-11/h2-8H,9H2,1H3. The van der Waals surface area contributed by atoms with Gasteiger partial charge >= 0.3 is 0 Å². The van der Waals surface area contributed by atoms with E-state index in [1.807, 2.05) is 6.07 Å². The van der Waals surface area contributed by atoms with Crippen molar-refractivity contribution in [2.45, 2.75) is 13.5 Å². The second-order valence-corrected chi connectivity index (χ2v) is 6.60. The molecule has 0 aliphatic heterocycles. The Morgan fingerprint density at radius 1 is 1.00 bits per heavy atom. The van der Waals surface area contributed by atoms with Crippen LogP contribution in [0.2, 0.25) is 10.0 Å². The van der Waals surface area contributed by atoms with Crippen LogP contribution in [0.1, 0.15) is 11.7 Å². The first-order chi connectivity index (χ1) is 13.0. The maximum absolute atomic E-state index is 13.1. The van der Waals surface area contributed by atoms with Gasteiger partial charge in [-0.05, 0) is 49.4 Å². The van der Waals surface area contributed by atoms with Crippen LogP contribution >= 0.6 is 23.2 Å². The molecule has 2 heterocycles. The van der Waals surface area contributed by atoms with Crippen molar-refractivity contribution in [3.63, 3.8) is 0 Å². The Morgan fingerprint density at radius 2 is 1.74 bits per heavy atom. The van der Waals surface area contributed by atoms with Gasteiger partial charge in [0.05, 0.1) is 10.0 Å². The lowest BCUT2D eigenvalue weighted by Crippen LogP contribution is -2.04. The van der Waals surface area contributed by atoms with Crippen molar-refractivity contribution in [3.05, 3.63) is 70.0 Å². The van der Waals surface area contributed by atoms with Crippen molar-refractivity contribution in [1.29, 1.82) is 0 Å². The molecule has 0 saturated heterocycles. The molecule has 2 aromatic heterocycles. The van der Waals surface area contributed by atoms with E-state index in [0.29, 0.717) is 39.0 Å². The number of hydrogen-bond donors (Lipinski definition) is 0. The number of halogens is 3. The van der Waals surface area contributed by atoms with Crippen molar-refractivity contribution in [2.75, 3.05) is 0 Å². The SMILES string of the molecule is Cc1nc(-c2ccc(Cl)c(Cl)c2)n(Cc2nc(-c3ccc(F)cc3)no2)n1. The fourth-order valence-corrected chi connectivity index (χ4v) is 2.88. The summed E-state index contributed by atoms with van der Waals surface area (Å²) in [5.41, 5.74) is 1.43. The highest BCUT2D eigenvalue weighted by molar-refractivity contribution is 6.42. The van der Waals surface area contributed by atoms with E-state index in [1.54, 1.807) is 35.9 Å². The monoisotopic (exact) mass is 403 g/mol. The molecule has 136 valence electrons. The summed E-state index contributed by atoms with van der Waals surface area (Å²) < 4.78 is 20.0. The molecule has 0 spiro atoms. The van der Waals surface area contributed by atoms with Gasteiger partial charge in [0.15, 0.2) is 5.82 Å². The van der Waals surface area contributed by atoms with Gasteiger partial charge in [-0.3, -0.25) is 0 Å². The van der Waals surface area contributed by atoms with Crippen molar-refractivity contribution in [1.82, 2.24) is 24.9 Å². The first-order valence-corrected chi connectivity index (χ1v) is 8.70. The zero-order chi connectivity index (χ0) is 19.0. The Morgan fingerprint density at radius 3 is 2.48 bits per heavy atom. The van der Waals surface area contributed by atoms with E-state index < -0.39 is 0 Å². The quantitative estimate of drug-likeness (QED) is 0.489. The van der Waals surface area contributed by atoms with Crippen LogP contribution in [0.25, 0.3) is 22.8 Å². The second-order valence-electron chi connectivity index (χ2n) is 5.79. The molecule has 0 bridgehead atoms. The minimum Gasteiger partial charge on any atom is -0.337 e. The minimum absolute atomic E-state index is 0.227. The topological polar surface area (TPSA) is 69.6 Å². The van der Waals surface area contributed by atoms with E-state index in [1.165, 1.54) is 12.1 Å². The lowest BCUT2D eigenvalue weighted by molar-refractivity contribution is 0.366. The Labute approximate surface area is 163 Å². The van der Waals surface area contributed by atoms with Crippen LogP contribution in [-0.4, -0.2) is 24.9 Å². The molecule has 4 aromatic rings. The Hall–Kier alpha value is -2.77.